The van der Waals surface area contributed by atoms with Crippen molar-refractivity contribution in [2.45, 2.75) is 39.4 Å². The highest BCUT2D eigenvalue weighted by molar-refractivity contribution is 7.18. The zero-order valence-corrected chi connectivity index (χ0v) is 13.4. The van der Waals surface area contributed by atoms with E-state index in [9.17, 15) is 0 Å². The van der Waals surface area contributed by atoms with Crippen LogP contribution < -0.4 is 5.32 Å². The average Bonchev–Trinajstić information content (AvgIpc) is 3.09. The van der Waals surface area contributed by atoms with Gasteiger partial charge in [-0.3, -0.25) is 4.68 Å². The van der Waals surface area contributed by atoms with Gasteiger partial charge in [-0.25, -0.2) is 4.98 Å². The highest BCUT2D eigenvalue weighted by Crippen LogP contribution is 2.21. The van der Waals surface area contributed by atoms with Crippen LogP contribution in [-0.2, 0) is 6.54 Å². The third-order valence-electron chi connectivity index (χ3n) is 3.78. The number of fused-ring (bicyclic) bond motifs is 1. The van der Waals surface area contributed by atoms with Gasteiger partial charge < -0.3 is 5.32 Å². The quantitative estimate of drug-likeness (QED) is 0.783. The maximum Gasteiger partial charge on any atom is 0.108 e. The monoisotopic (exact) mass is 300 g/mol. The summed E-state index contributed by atoms with van der Waals surface area (Å²) >= 11 is 1.75. The van der Waals surface area contributed by atoms with E-state index in [0.29, 0.717) is 12.1 Å². The van der Waals surface area contributed by atoms with Crippen LogP contribution in [0.3, 0.4) is 0 Å². The second kappa shape index (κ2) is 5.95. The van der Waals surface area contributed by atoms with Crippen molar-refractivity contribution < 1.29 is 0 Å². The zero-order valence-electron chi connectivity index (χ0n) is 12.6. The molecule has 5 heteroatoms. The number of aromatic nitrogens is 3. The van der Waals surface area contributed by atoms with Crippen LogP contribution in [0.5, 0.6) is 0 Å². The molecule has 0 spiro atoms. The van der Waals surface area contributed by atoms with Gasteiger partial charge in [0.1, 0.15) is 5.01 Å². The summed E-state index contributed by atoms with van der Waals surface area (Å²) in [7, 11) is 0. The van der Waals surface area contributed by atoms with Gasteiger partial charge in [0.25, 0.3) is 0 Å². The molecule has 0 bridgehead atoms. The highest BCUT2D eigenvalue weighted by Gasteiger charge is 2.15. The minimum Gasteiger partial charge on any atom is -0.306 e. The second-order valence-corrected chi connectivity index (χ2v) is 6.60. The van der Waals surface area contributed by atoms with E-state index in [0.717, 1.165) is 17.1 Å². The van der Waals surface area contributed by atoms with Crippen LogP contribution in [0.2, 0.25) is 0 Å². The summed E-state index contributed by atoms with van der Waals surface area (Å²) in [5, 5.41) is 9.08. The van der Waals surface area contributed by atoms with Crippen LogP contribution >= 0.6 is 11.3 Å². The molecule has 0 unspecified atom stereocenters. The Morgan fingerprint density at radius 1 is 1.29 bits per heavy atom. The summed E-state index contributed by atoms with van der Waals surface area (Å²) in [5.74, 6) is 0. The molecule has 3 aromatic rings. The number of hydrogen-bond acceptors (Lipinski definition) is 4. The van der Waals surface area contributed by atoms with Gasteiger partial charge in [0.2, 0.25) is 0 Å². The van der Waals surface area contributed by atoms with Crippen molar-refractivity contribution in [2.75, 3.05) is 0 Å². The average molecular weight is 300 g/mol. The Balaban J connectivity index is 1.63. The lowest BCUT2D eigenvalue weighted by Crippen LogP contribution is -2.33. The molecule has 0 aliphatic rings. The smallest absolute Gasteiger partial charge is 0.108 e. The Kier molecular flexibility index (Phi) is 4.03. The van der Waals surface area contributed by atoms with Crippen LogP contribution in [0, 0.1) is 6.92 Å². The molecule has 1 N–H and O–H groups in total. The van der Waals surface area contributed by atoms with Gasteiger partial charge in [-0.1, -0.05) is 12.1 Å². The molecule has 0 saturated carbocycles. The fraction of sp³-hybridized carbons (Fsp3) is 0.375. The van der Waals surface area contributed by atoms with Crippen molar-refractivity contribution in [2.24, 2.45) is 0 Å². The molecule has 0 amide bonds. The zero-order chi connectivity index (χ0) is 14.8. The summed E-state index contributed by atoms with van der Waals surface area (Å²) in [6, 6.07) is 8.92. The first-order chi connectivity index (χ1) is 10.1. The summed E-state index contributed by atoms with van der Waals surface area (Å²) < 4.78 is 3.27. The topological polar surface area (TPSA) is 42.7 Å². The van der Waals surface area contributed by atoms with Gasteiger partial charge in [-0.15, -0.1) is 11.3 Å². The van der Waals surface area contributed by atoms with Crippen molar-refractivity contribution in [1.82, 2.24) is 20.1 Å². The summed E-state index contributed by atoms with van der Waals surface area (Å²) in [6.07, 6.45) is 3.98. The molecular weight excluding hydrogens is 280 g/mol. The van der Waals surface area contributed by atoms with Crippen molar-refractivity contribution >= 4 is 21.6 Å². The van der Waals surface area contributed by atoms with Crippen LogP contribution in [0.25, 0.3) is 10.2 Å². The summed E-state index contributed by atoms with van der Waals surface area (Å²) in [6.45, 7) is 7.23. The molecule has 3 rings (SSSR count). The first-order valence-corrected chi connectivity index (χ1v) is 8.04. The third kappa shape index (κ3) is 3.14. The van der Waals surface area contributed by atoms with E-state index in [2.05, 4.69) is 60.6 Å². The SMILES string of the molecule is Cc1cnn([C@H](C)[C@H](C)NCc2nc3ccccc3s2)c1. The summed E-state index contributed by atoms with van der Waals surface area (Å²) in [4.78, 5) is 4.65. The largest absolute Gasteiger partial charge is 0.306 e. The Labute approximate surface area is 128 Å². The maximum atomic E-state index is 4.65. The predicted molar refractivity (Wildman–Crippen MR) is 87.6 cm³/mol. The predicted octanol–water partition coefficient (Wildman–Crippen LogP) is 3.54. The number of rotatable bonds is 5. The molecule has 2 atom stereocenters. The first kappa shape index (κ1) is 14.2. The molecule has 2 aromatic heterocycles. The van der Waals surface area contributed by atoms with Crippen molar-refractivity contribution in [3.8, 4) is 0 Å². The number of nitrogens with one attached hydrogen (secondary N) is 1. The molecular formula is C16H20N4S. The van der Waals surface area contributed by atoms with E-state index in [1.165, 1.54) is 10.3 Å². The standard InChI is InChI=1S/C16H20N4S/c1-11-8-18-20(10-11)13(3)12(2)17-9-16-19-14-6-4-5-7-15(14)21-16/h4-8,10,12-13,17H,9H2,1-3H3/t12-,13+/m0/s1. The Morgan fingerprint density at radius 2 is 2.10 bits per heavy atom. The number of thiazole rings is 1. The number of para-hydroxylation sites is 1. The number of hydrogen-bond donors (Lipinski definition) is 1. The van der Waals surface area contributed by atoms with E-state index in [1.807, 2.05) is 16.9 Å². The Bertz CT molecular complexity index is 698. The van der Waals surface area contributed by atoms with Crippen LogP contribution in [-0.4, -0.2) is 20.8 Å². The molecule has 0 radical (unpaired) electrons. The lowest BCUT2D eigenvalue weighted by molar-refractivity contribution is 0.365. The number of nitrogens with zero attached hydrogens (tertiary/aromatic N) is 3. The normalized spacial score (nSPS) is 14.4. The lowest BCUT2D eigenvalue weighted by Gasteiger charge is -2.21. The molecule has 110 valence electrons. The number of benzene rings is 1. The molecule has 21 heavy (non-hydrogen) atoms. The third-order valence-corrected chi connectivity index (χ3v) is 4.82. The maximum absolute atomic E-state index is 4.65. The van der Waals surface area contributed by atoms with Crippen LogP contribution in [0.4, 0.5) is 0 Å². The van der Waals surface area contributed by atoms with E-state index in [4.69, 9.17) is 0 Å². The Morgan fingerprint density at radius 3 is 2.81 bits per heavy atom. The molecule has 4 nitrogen and oxygen atoms in total. The van der Waals surface area contributed by atoms with Gasteiger partial charge in [0, 0.05) is 18.8 Å². The first-order valence-electron chi connectivity index (χ1n) is 7.22. The second-order valence-electron chi connectivity index (χ2n) is 5.48. The molecule has 2 heterocycles. The fourth-order valence-corrected chi connectivity index (χ4v) is 3.22. The van der Waals surface area contributed by atoms with Gasteiger partial charge in [-0.2, -0.15) is 5.10 Å². The van der Waals surface area contributed by atoms with Crippen molar-refractivity contribution in [3.05, 3.63) is 47.2 Å². The van der Waals surface area contributed by atoms with E-state index in [1.54, 1.807) is 11.3 Å². The molecule has 0 aliphatic heterocycles. The fourth-order valence-electron chi connectivity index (χ4n) is 2.30. The van der Waals surface area contributed by atoms with Gasteiger partial charge in [-0.05, 0) is 38.5 Å². The molecule has 0 aliphatic carbocycles. The highest BCUT2D eigenvalue weighted by atomic mass is 32.1. The molecule has 0 fully saturated rings. The lowest BCUT2D eigenvalue weighted by atomic mass is 10.2. The van der Waals surface area contributed by atoms with E-state index < -0.39 is 0 Å². The van der Waals surface area contributed by atoms with Gasteiger partial charge in [0.05, 0.1) is 22.5 Å². The molecule has 0 saturated heterocycles. The van der Waals surface area contributed by atoms with Crippen molar-refractivity contribution in [1.29, 1.82) is 0 Å². The number of aryl methyl sites for hydroxylation is 1. The van der Waals surface area contributed by atoms with E-state index in [-0.39, 0.29) is 0 Å². The Hall–Kier alpha value is -1.72. The van der Waals surface area contributed by atoms with Crippen LogP contribution in [0.1, 0.15) is 30.5 Å². The van der Waals surface area contributed by atoms with Gasteiger partial charge in [0.15, 0.2) is 0 Å². The molecule has 1 aromatic carbocycles. The minimum absolute atomic E-state index is 0.313. The van der Waals surface area contributed by atoms with Crippen LogP contribution in [0.15, 0.2) is 36.7 Å². The minimum atomic E-state index is 0.313. The summed E-state index contributed by atoms with van der Waals surface area (Å²) in [5.41, 5.74) is 2.28. The van der Waals surface area contributed by atoms with E-state index >= 15 is 0 Å². The van der Waals surface area contributed by atoms with Gasteiger partial charge >= 0.3 is 0 Å². The van der Waals surface area contributed by atoms with Crippen molar-refractivity contribution in [3.63, 3.8) is 0 Å².